The molecule has 0 aliphatic carbocycles. The minimum absolute atomic E-state index is 0.0801. The van der Waals surface area contributed by atoms with Crippen molar-refractivity contribution in [3.8, 4) is 11.5 Å². The predicted molar refractivity (Wildman–Crippen MR) is 88.2 cm³/mol. The second-order valence-corrected chi connectivity index (χ2v) is 5.93. The van der Waals surface area contributed by atoms with E-state index < -0.39 is 0 Å². The molecule has 0 heterocycles. The Morgan fingerprint density at radius 3 is 2.67 bits per heavy atom. The summed E-state index contributed by atoms with van der Waals surface area (Å²) in [5.41, 5.74) is 0.860. The Labute approximate surface area is 130 Å². The summed E-state index contributed by atoms with van der Waals surface area (Å²) < 4.78 is 5.20. The molecule has 0 radical (unpaired) electrons. The quantitative estimate of drug-likeness (QED) is 0.602. The van der Waals surface area contributed by atoms with Gasteiger partial charge in [0.2, 0.25) is 0 Å². The molecule has 0 fully saturated rings. The lowest BCUT2D eigenvalue weighted by Crippen LogP contribution is -2.21. The number of nitrogens with one attached hydrogen (secondary N) is 1. The molecule has 2 aromatic carbocycles. The number of phenolic OH excluding ortho intramolecular Hbond substituents is 1. The minimum atomic E-state index is 0.0801. The van der Waals surface area contributed by atoms with Gasteiger partial charge in [0.1, 0.15) is 11.5 Å². The van der Waals surface area contributed by atoms with Gasteiger partial charge in [-0.1, -0.05) is 18.2 Å². The zero-order valence-corrected chi connectivity index (χ0v) is 13.2. The zero-order chi connectivity index (χ0) is 15.1. The van der Waals surface area contributed by atoms with Crippen molar-refractivity contribution in [1.82, 2.24) is 5.32 Å². The van der Waals surface area contributed by atoms with Crippen LogP contribution in [0.3, 0.4) is 0 Å². The first-order valence-electron chi connectivity index (χ1n) is 6.99. The highest BCUT2D eigenvalue weighted by Gasteiger charge is 2.10. The standard InChI is InChI=1S/C17H21NO2S/c1-13(16-12-14(20-2)8-9-17(16)19)18-10-11-21-15-6-4-3-5-7-15/h3-9,12-13,18-19H,10-11H2,1-2H3. The summed E-state index contributed by atoms with van der Waals surface area (Å²) in [5.74, 6) is 2.04. The van der Waals surface area contributed by atoms with E-state index in [4.69, 9.17) is 4.74 Å². The maximum atomic E-state index is 9.93. The molecule has 0 bridgehead atoms. The van der Waals surface area contributed by atoms with Gasteiger partial charge in [0.05, 0.1) is 7.11 Å². The molecule has 4 heteroatoms. The summed E-state index contributed by atoms with van der Waals surface area (Å²) >= 11 is 1.82. The van der Waals surface area contributed by atoms with Crippen LogP contribution in [0.4, 0.5) is 0 Å². The molecular formula is C17H21NO2S. The third kappa shape index (κ3) is 4.69. The number of aromatic hydroxyl groups is 1. The Morgan fingerprint density at radius 2 is 1.95 bits per heavy atom. The van der Waals surface area contributed by atoms with Crippen molar-refractivity contribution < 1.29 is 9.84 Å². The van der Waals surface area contributed by atoms with E-state index in [0.29, 0.717) is 5.75 Å². The van der Waals surface area contributed by atoms with Crippen LogP contribution >= 0.6 is 11.8 Å². The number of phenols is 1. The molecule has 0 aliphatic rings. The van der Waals surface area contributed by atoms with Crippen LogP contribution in [0.25, 0.3) is 0 Å². The van der Waals surface area contributed by atoms with Gasteiger partial charge in [-0.05, 0) is 37.3 Å². The monoisotopic (exact) mass is 303 g/mol. The van der Waals surface area contributed by atoms with Crippen molar-refractivity contribution in [2.24, 2.45) is 0 Å². The molecule has 21 heavy (non-hydrogen) atoms. The molecule has 112 valence electrons. The number of hydrogen-bond donors (Lipinski definition) is 2. The van der Waals surface area contributed by atoms with E-state index in [9.17, 15) is 5.11 Å². The number of rotatable bonds is 7. The Bertz CT molecular complexity index is 560. The van der Waals surface area contributed by atoms with Crippen LogP contribution in [0.2, 0.25) is 0 Å². The van der Waals surface area contributed by atoms with Gasteiger partial charge in [0.25, 0.3) is 0 Å². The van der Waals surface area contributed by atoms with Gasteiger partial charge in [-0.2, -0.15) is 0 Å². The fourth-order valence-electron chi connectivity index (χ4n) is 2.08. The molecule has 2 rings (SSSR count). The molecule has 1 atom stereocenters. The molecule has 2 N–H and O–H groups in total. The molecule has 0 aliphatic heterocycles. The van der Waals surface area contributed by atoms with Gasteiger partial charge in [-0.15, -0.1) is 11.8 Å². The molecule has 0 spiro atoms. The highest BCUT2D eigenvalue weighted by Crippen LogP contribution is 2.28. The van der Waals surface area contributed by atoms with Crippen molar-refractivity contribution in [3.63, 3.8) is 0 Å². The predicted octanol–water partition coefficient (Wildman–Crippen LogP) is 3.84. The number of ether oxygens (including phenoxy) is 1. The van der Waals surface area contributed by atoms with Crippen molar-refractivity contribution >= 4 is 11.8 Å². The van der Waals surface area contributed by atoms with Gasteiger partial charge in [0, 0.05) is 28.8 Å². The summed E-state index contributed by atoms with van der Waals surface area (Å²) in [5, 5.41) is 13.4. The van der Waals surface area contributed by atoms with Gasteiger partial charge in [0.15, 0.2) is 0 Å². The van der Waals surface area contributed by atoms with Crippen molar-refractivity contribution in [2.75, 3.05) is 19.4 Å². The van der Waals surface area contributed by atoms with Crippen LogP contribution in [-0.2, 0) is 0 Å². The van der Waals surface area contributed by atoms with Gasteiger partial charge in [-0.3, -0.25) is 0 Å². The lowest BCUT2D eigenvalue weighted by atomic mass is 10.1. The number of benzene rings is 2. The summed E-state index contributed by atoms with van der Waals surface area (Å²) in [6, 6.07) is 15.7. The van der Waals surface area contributed by atoms with E-state index in [0.717, 1.165) is 23.6 Å². The summed E-state index contributed by atoms with van der Waals surface area (Å²) in [7, 11) is 1.63. The van der Waals surface area contributed by atoms with Crippen molar-refractivity contribution in [1.29, 1.82) is 0 Å². The fraction of sp³-hybridized carbons (Fsp3) is 0.294. The summed E-state index contributed by atoms with van der Waals surface area (Å²) in [6.07, 6.45) is 0. The van der Waals surface area contributed by atoms with E-state index in [1.54, 1.807) is 19.2 Å². The Kier molecular flexibility index (Phi) is 5.96. The number of hydrogen-bond acceptors (Lipinski definition) is 4. The Morgan fingerprint density at radius 1 is 1.19 bits per heavy atom. The zero-order valence-electron chi connectivity index (χ0n) is 12.4. The van der Waals surface area contributed by atoms with E-state index in [1.807, 2.05) is 43.0 Å². The third-order valence-corrected chi connectivity index (χ3v) is 4.28. The second-order valence-electron chi connectivity index (χ2n) is 4.76. The van der Waals surface area contributed by atoms with Gasteiger partial charge in [-0.25, -0.2) is 0 Å². The molecule has 0 saturated carbocycles. The third-order valence-electron chi connectivity index (χ3n) is 3.27. The highest BCUT2D eigenvalue weighted by atomic mass is 32.2. The molecule has 1 unspecified atom stereocenters. The van der Waals surface area contributed by atoms with E-state index in [1.165, 1.54) is 4.90 Å². The SMILES string of the molecule is COc1ccc(O)c(C(C)NCCSc2ccccc2)c1. The first-order chi connectivity index (χ1) is 10.2. The van der Waals surface area contributed by atoms with E-state index in [-0.39, 0.29) is 6.04 Å². The van der Waals surface area contributed by atoms with Crippen LogP contribution < -0.4 is 10.1 Å². The van der Waals surface area contributed by atoms with Crippen molar-refractivity contribution in [3.05, 3.63) is 54.1 Å². The average Bonchev–Trinajstić information content (AvgIpc) is 2.53. The number of methoxy groups -OCH3 is 1. The summed E-state index contributed by atoms with van der Waals surface area (Å²) in [6.45, 7) is 2.92. The van der Waals surface area contributed by atoms with Crippen LogP contribution in [0.1, 0.15) is 18.5 Å². The van der Waals surface area contributed by atoms with Crippen LogP contribution in [0.5, 0.6) is 11.5 Å². The first-order valence-corrected chi connectivity index (χ1v) is 7.97. The van der Waals surface area contributed by atoms with Gasteiger partial charge < -0.3 is 15.2 Å². The van der Waals surface area contributed by atoms with Crippen LogP contribution in [-0.4, -0.2) is 24.5 Å². The first kappa shape index (κ1) is 15.7. The molecule has 2 aromatic rings. The maximum absolute atomic E-state index is 9.93. The summed E-state index contributed by atoms with van der Waals surface area (Å²) in [4.78, 5) is 1.27. The fourth-order valence-corrected chi connectivity index (χ4v) is 2.88. The largest absolute Gasteiger partial charge is 0.508 e. The Hall–Kier alpha value is -1.65. The molecule has 3 nitrogen and oxygen atoms in total. The van der Waals surface area contributed by atoms with Crippen LogP contribution in [0, 0.1) is 0 Å². The minimum Gasteiger partial charge on any atom is -0.508 e. The van der Waals surface area contributed by atoms with E-state index >= 15 is 0 Å². The second kappa shape index (κ2) is 7.96. The topological polar surface area (TPSA) is 41.5 Å². The lowest BCUT2D eigenvalue weighted by Gasteiger charge is -2.16. The normalized spacial score (nSPS) is 12.1. The highest BCUT2D eigenvalue weighted by molar-refractivity contribution is 7.99. The lowest BCUT2D eigenvalue weighted by molar-refractivity contribution is 0.408. The van der Waals surface area contributed by atoms with E-state index in [2.05, 4.69) is 17.4 Å². The number of thioether (sulfide) groups is 1. The van der Waals surface area contributed by atoms with Crippen molar-refractivity contribution in [2.45, 2.75) is 17.9 Å². The Balaban J connectivity index is 1.83. The average molecular weight is 303 g/mol. The molecule has 0 aromatic heterocycles. The molecule has 0 amide bonds. The molecular weight excluding hydrogens is 282 g/mol. The van der Waals surface area contributed by atoms with Gasteiger partial charge >= 0.3 is 0 Å². The smallest absolute Gasteiger partial charge is 0.120 e. The molecule has 0 saturated heterocycles. The van der Waals surface area contributed by atoms with Crippen LogP contribution in [0.15, 0.2) is 53.4 Å². The maximum Gasteiger partial charge on any atom is 0.120 e.